The van der Waals surface area contributed by atoms with Gasteiger partial charge in [0.25, 0.3) is 6.10 Å². The number of amides is 1. The number of aromatic nitrogens is 2. The lowest BCUT2D eigenvalue weighted by atomic mass is 9.98. The van der Waals surface area contributed by atoms with E-state index in [1.54, 1.807) is 11.8 Å². The highest BCUT2D eigenvalue weighted by Crippen LogP contribution is 2.37. The van der Waals surface area contributed by atoms with Crippen LogP contribution in [0.1, 0.15) is 30.5 Å². The predicted molar refractivity (Wildman–Crippen MR) is 119 cm³/mol. The van der Waals surface area contributed by atoms with E-state index in [9.17, 15) is 54.2 Å². The lowest BCUT2D eigenvalue weighted by Gasteiger charge is -2.35. The molecule has 222 valence electrons. The number of aliphatic carboxylic acids is 1. The van der Waals surface area contributed by atoms with E-state index in [0.717, 1.165) is 16.8 Å². The Kier molecular flexibility index (Phi) is 8.96. The van der Waals surface area contributed by atoms with Crippen molar-refractivity contribution in [2.75, 3.05) is 26.2 Å². The standard InChI is InChI=1S/C23H23F9N4O4/c1-2-17(18(37)38)36-12-14(10-33-36)16-9-15(21(24,25)26)4-3-13(16)11-34-5-7-35(8-6-34)20(39)40-19(22(27,28)29)23(30,31)32/h3-4,9-10,12,17,19H,2,5-8,11H2,1H3,(H,37,38). The first kappa shape index (κ1) is 31.0. The van der Waals surface area contributed by atoms with Crippen LogP contribution in [-0.4, -0.2) is 81.4 Å². The molecular weight excluding hydrogens is 567 g/mol. The topological polar surface area (TPSA) is 87.9 Å². The van der Waals surface area contributed by atoms with Crippen molar-refractivity contribution >= 4 is 12.1 Å². The van der Waals surface area contributed by atoms with Crippen molar-refractivity contribution in [3.05, 3.63) is 41.7 Å². The molecule has 1 unspecified atom stereocenters. The van der Waals surface area contributed by atoms with Crippen LogP contribution in [0, 0.1) is 0 Å². The van der Waals surface area contributed by atoms with Crippen LogP contribution in [0.15, 0.2) is 30.6 Å². The highest BCUT2D eigenvalue weighted by Gasteiger charge is 2.60. The number of nitrogens with zero attached hydrogens (tertiary/aromatic N) is 4. The molecule has 2 aromatic rings. The van der Waals surface area contributed by atoms with Gasteiger partial charge in [-0.3, -0.25) is 9.58 Å². The van der Waals surface area contributed by atoms with Crippen LogP contribution < -0.4 is 0 Å². The van der Waals surface area contributed by atoms with Gasteiger partial charge in [0.2, 0.25) is 0 Å². The van der Waals surface area contributed by atoms with Crippen LogP contribution in [0.25, 0.3) is 11.1 Å². The molecule has 1 N–H and O–H groups in total. The highest BCUT2D eigenvalue weighted by molar-refractivity contribution is 5.73. The Balaban J connectivity index is 1.77. The van der Waals surface area contributed by atoms with E-state index in [1.807, 2.05) is 0 Å². The monoisotopic (exact) mass is 590 g/mol. The van der Waals surface area contributed by atoms with E-state index < -0.39 is 48.3 Å². The Hall–Kier alpha value is -3.50. The first-order chi connectivity index (χ1) is 18.4. The van der Waals surface area contributed by atoms with Crippen molar-refractivity contribution in [2.45, 2.75) is 50.6 Å². The number of alkyl halides is 9. The summed E-state index contributed by atoms with van der Waals surface area (Å²) in [5.41, 5.74) is -0.309. The maximum absolute atomic E-state index is 13.4. The molecule has 1 aliphatic rings. The molecule has 0 radical (unpaired) electrons. The number of piperazine rings is 1. The molecule has 2 heterocycles. The number of ether oxygens (including phenoxy) is 1. The fourth-order valence-corrected chi connectivity index (χ4v) is 4.11. The second kappa shape index (κ2) is 11.5. The van der Waals surface area contributed by atoms with Gasteiger partial charge in [0.1, 0.15) is 6.04 Å². The molecule has 17 heteroatoms. The van der Waals surface area contributed by atoms with Crippen LogP contribution in [-0.2, 0) is 22.3 Å². The lowest BCUT2D eigenvalue weighted by molar-refractivity contribution is -0.308. The minimum atomic E-state index is -5.86. The average Bonchev–Trinajstić information content (AvgIpc) is 3.30. The van der Waals surface area contributed by atoms with Crippen molar-refractivity contribution in [3.63, 3.8) is 0 Å². The van der Waals surface area contributed by atoms with Crippen molar-refractivity contribution in [1.82, 2.24) is 19.6 Å². The third-order valence-electron chi connectivity index (χ3n) is 6.18. The summed E-state index contributed by atoms with van der Waals surface area (Å²) in [5, 5.41) is 13.3. The van der Waals surface area contributed by atoms with Gasteiger partial charge in [-0.05, 0) is 29.7 Å². The average molecular weight is 590 g/mol. The van der Waals surface area contributed by atoms with Crippen molar-refractivity contribution < 1.29 is 58.9 Å². The first-order valence-electron chi connectivity index (χ1n) is 11.7. The molecule has 0 bridgehead atoms. The number of hydrogen-bond acceptors (Lipinski definition) is 5. The quantitative estimate of drug-likeness (QED) is 0.438. The van der Waals surface area contributed by atoms with Crippen molar-refractivity contribution in [1.29, 1.82) is 0 Å². The molecule has 0 saturated carbocycles. The predicted octanol–water partition coefficient (Wildman–Crippen LogP) is 5.35. The Labute approximate surface area is 220 Å². The fraction of sp³-hybridized carbons (Fsp3) is 0.522. The van der Waals surface area contributed by atoms with Gasteiger partial charge in [0.05, 0.1) is 11.8 Å². The SMILES string of the molecule is CCC(C(=O)O)n1cc(-c2cc(C(F)(F)F)ccc2CN2CCN(C(=O)OC(C(F)(F)F)C(F)(F)F)CC2)cn1. The smallest absolute Gasteiger partial charge is 0.434 e. The van der Waals surface area contributed by atoms with E-state index >= 15 is 0 Å². The minimum Gasteiger partial charge on any atom is -0.480 e. The molecule has 1 fully saturated rings. The zero-order valence-electron chi connectivity index (χ0n) is 20.6. The highest BCUT2D eigenvalue weighted by atomic mass is 19.4. The molecular formula is C23H23F9N4O4. The third kappa shape index (κ3) is 7.37. The van der Waals surface area contributed by atoms with Crippen LogP contribution in [0.4, 0.5) is 44.3 Å². The van der Waals surface area contributed by atoms with Crippen molar-refractivity contribution in [3.8, 4) is 11.1 Å². The van der Waals surface area contributed by atoms with Crippen molar-refractivity contribution in [2.24, 2.45) is 0 Å². The fourth-order valence-electron chi connectivity index (χ4n) is 4.11. The zero-order valence-corrected chi connectivity index (χ0v) is 20.6. The van der Waals surface area contributed by atoms with E-state index in [2.05, 4.69) is 9.84 Å². The maximum Gasteiger partial charge on any atom is 0.434 e. The number of benzene rings is 1. The Bertz CT molecular complexity index is 1190. The molecule has 8 nitrogen and oxygen atoms in total. The summed E-state index contributed by atoms with van der Waals surface area (Å²) in [5.74, 6) is -1.19. The summed E-state index contributed by atoms with van der Waals surface area (Å²) in [7, 11) is 0. The number of carbonyl (C=O) groups excluding carboxylic acids is 1. The number of carboxylic acid groups (broad SMARTS) is 1. The molecule has 1 atom stereocenters. The van der Waals surface area contributed by atoms with Gasteiger partial charge >= 0.3 is 30.6 Å². The normalized spacial score (nSPS) is 16.3. The van der Waals surface area contributed by atoms with E-state index in [1.165, 1.54) is 18.5 Å². The Morgan fingerprint density at radius 1 is 1.00 bits per heavy atom. The van der Waals surface area contributed by atoms with E-state index in [-0.39, 0.29) is 50.3 Å². The van der Waals surface area contributed by atoms with Gasteiger partial charge in [0, 0.05) is 44.5 Å². The molecule has 1 saturated heterocycles. The number of halogens is 9. The summed E-state index contributed by atoms with van der Waals surface area (Å²) in [6.45, 7) is 0.934. The molecule has 0 spiro atoms. The van der Waals surface area contributed by atoms with Crippen LogP contribution in [0.5, 0.6) is 0 Å². The van der Waals surface area contributed by atoms with Gasteiger partial charge < -0.3 is 14.7 Å². The first-order valence-corrected chi connectivity index (χ1v) is 11.7. The summed E-state index contributed by atoms with van der Waals surface area (Å²) in [6.07, 6.45) is -19.8. The second-order valence-corrected chi connectivity index (χ2v) is 8.95. The third-order valence-corrected chi connectivity index (χ3v) is 6.18. The van der Waals surface area contributed by atoms with Crippen LogP contribution in [0.2, 0.25) is 0 Å². The molecule has 1 aromatic carbocycles. The van der Waals surface area contributed by atoms with Gasteiger partial charge in [-0.15, -0.1) is 0 Å². The van der Waals surface area contributed by atoms with Gasteiger partial charge in [-0.1, -0.05) is 13.0 Å². The minimum absolute atomic E-state index is 0.00536. The van der Waals surface area contributed by atoms with Gasteiger partial charge in [-0.2, -0.15) is 44.6 Å². The number of carboxylic acids is 1. The maximum atomic E-state index is 13.4. The van der Waals surface area contributed by atoms with E-state index in [0.29, 0.717) is 10.5 Å². The zero-order chi connectivity index (χ0) is 30.0. The molecule has 1 amide bonds. The largest absolute Gasteiger partial charge is 0.480 e. The lowest BCUT2D eigenvalue weighted by Crippen LogP contribution is -2.52. The number of carbonyl (C=O) groups is 2. The summed E-state index contributed by atoms with van der Waals surface area (Å²) < 4.78 is 121. The van der Waals surface area contributed by atoms with E-state index in [4.69, 9.17) is 0 Å². The van der Waals surface area contributed by atoms with Crippen LogP contribution in [0.3, 0.4) is 0 Å². The molecule has 3 rings (SSSR count). The Morgan fingerprint density at radius 3 is 2.10 bits per heavy atom. The molecule has 0 aliphatic carbocycles. The molecule has 1 aliphatic heterocycles. The molecule has 40 heavy (non-hydrogen) atoms. The Morgan fingerprint density at radius 2 is 1.60 bits per heavy atom. The molecule has 1 aromatic heterocycles. The second-order valence-electron chi connectivity index (χ2n) is 8.95. The number of rotatable bonds is 7. The van der Waals surface area contributed by atoms with Gasteiger partial charge in [0.15, 0.2) is 0 Å². The summed E-state index contributed by atoms with van der Waals surface area (Å²) >= 11 is 0. The van der Waals surface area contributed by atoms with Gasteiger partial charge in [-0.25, -0.2) is 9.59 Å². The summed E-state index contributed by atoms with van der Waals surface area (Å²) in [6, 6.07) is 1.88. The number of hydrogen-bond donors (Lipinski definition) is 1. The van der Waals surface area contributed by atoms with Crippen LogP contribution >= 0.6 is 0 Å². The summed E-state index contributed by atoms with van der Waals surface area (Å²) in [4.78, 5) is 25.8.